The van der Waals surface area contributed by atoms with Crippen LogP contribution < -0.4 is 15.5 Å². The molecule has 4 rings (SSSR count). The molecule has 1 fully saturated rings. The Bertz CT molecular complexity index is 992. The molecule has 2 aliphatic heterocycles. The number of aryl methyl sites for hydroxylation is 1. The quantitative estimate of drug-likeness (QED) is 0.571. The summed E-state index contributed by atoms with van der Waals surface area (Å²) >= 11 is 0. The molecule has 3 N–H and O–H groups in total. The molecule has 3 heterocycles. The molecule has 0 radical (unpaired) electrons. The first-order valence-corrected chi connectivity index (χ1v) is 12.1. The van der Waals surface area contributed by atoms with E-state index in [2.05, 4.69) is 43.7 Å². The topological polar surface area (TPSA) is 111 Å². The van der Waals surface area contributed by atoms with Crippen molar-refractivity contribution in [2.24, 2.45) is 0 Å². The van der Waals surface area contributed by atoms with Gasteiger partial charge in [0.25, 0.3) is 5.91 Å². The van der Waals surface area contributed by atoms with Crippen molar-refractivity contribution in [3.05, 3.63) is 47.9 Å². The molecule has 2 amide bonds. The average molecular weight is 467 g/mol. The predicted molar refractivity (Wildman–Crippen MR) is 131 cm³/mol. The summed E-state index contributed by atoms with van der Waals surface area (Å²) in [6, 6.07) is 10.2. The number of aliphatic hydroxyl groups is 1. The summed E-state index contributed by atoms with van der Waals surface area (Å²) in [5, 5.41) is 16.8. The van der Waals surface area contributed by atoms with E-state index in [4.69, 9.17) is 0 Å². The number of hydrogen-bond donors (Lipinski definition) is 3. The fraction of sp³-hybridized carbons (Fsp3) is 0.520. The Balaban J connectivity index is 1.27. The molecule has 1 aromatic carbocycles. The molecule has 182 valence electrons. The Kier molecular flexibility index (Phi) is 7.95. The second-order valence-corrected chi connectivity index (χ2v) is 9.11. The van der Waals surface area contributed by atoms with Crippen LogP contribution in [-0.2, 0) is 11.2 Å². The number of rotatable bonds is 7. The first-order chi connectivity index (χ1) is 16.5. The molecule has 1 saturated heterocycles. The smallest absolute Gasteiger partial charge is 0.270 e. The second-order valence-electron chi connectivity index (χ2n) is 9.11. The third kappa shape index (κ3) is 6.22. The lowest BCUT2D eigenvalue weighted by Crippen LogP contribution is -2.41. The Morgan fingerprint density at radius 1 is 1.15 bits per heavy atom. The first-order valence-electron chi connectivity index (χ1n) is 12.1. The van der Waals surface area contributed by atoms with E-state index in [0.29, 0.717) is 25.5 Å². The molecule has 2 aromatic rings. The molecule has 0 bridgehead atoms. The molecule has 0 spiro atoms. The summed E-state index contributed by atoms with van der Waals surface area (Å²) in [7, 11) is 0. The normalized spacial score (nSPS) is 17.5. The van der Waals surface area contributed by atoms with Crippen LogP contribution in [0.15, 0.2) is 36.7 Å². The van der Waals surface area contributed by atoms with Crippen molar-refractivity contribution in [1.29, 1.82) is 0 Å². The minimum atomic E-state index is -0.694. The highest BCUT2D eigenvalue weighted by molar-refractivity contribution is 5.92. The Morgan fingerprint density at radius 2 is 1.94 bits per heavy atom. The van der Waals surface area contributed by atoms with Gasteiger partial charge in [0.1, 0.15) is 17.8 Å². The molecule has 34 heavy (non-hydrogen) atoms. The van der Waals surface area contributed by atoms with Crippen molar-refractivity contribution < 1.29 is 14.7 Å². The zero-order valence-electron chi connectivity index (χ0n) is 19.7. The van der Waals surface area contributed by atoms with Crippen molar-refractivity contribution in [2.45, 2.75) is 51.2 Å². The number of anilines is 2. The van der Waals surface area contributed by atoms with Crippen molar-refractivity contribution in [1.82, 2.24) is 20.2 Å². The third-order valence-electron chi connectivity index (χ3n) is 6.58. The van der Waals surface area contributed by atoms with Gasteiger partial charge >= 0.3 is 0 Å². The first kappa shape index (κ1) is 23.9. The molecule has 1 atom stereocenters. The Labute approximate surface area is 200 Å². The second kappa shape index (κ2) is 11.3. The van der Waals surface area contributed by atoms with Gasteiger partial charge in [0, 0.05) is 57.4 Å². The summed E-state index contributed by atoms with van der Waals surface area (Å²) in [6.07, 6.45) is 5.61. The number of β-amino-alcohol motifs (C(OH)–C–C–N with tert-alkyl or cyclic N) is 1. The zero-order chi connectivity index (χ0) is 23.9. The maximum atomic E-state index is 12.7. The molecule has 0 saturated carbocycles. The minimum Gasteiger partial charge on any atom is -0.389 e. The van der Waals surface area contributed by atoms with Gasteiger partial charge in [-0.25, -0.2) is 9.97 Å². The van der Waals surface area contributed by atoms with E-state index >= 15 is 0 Å². The predicted octanol–water partition coefficient (Wildman–Crippen LogP) is 1.83. The van der Waals surface area contributed by atoms with Crippen molar-refractivity contribution in [3.8, 4) is 0 Å². The van der Waals surface area contributed by atoms with E-state index in [9.17, 15) is 14.7 Å². The van der Waals surface area contributed by atoms with E-state index in [1.54, 1.807) is 13.0 Å². The van der Waals surface area contributed by atoms with Crippen LogP contribution in [0.5, 0.6) is 0 Å². The van der Waals surface area contributed by atoms with Gasteiger partial charge in [0.05, 0.1) is 6.10 Å². The van der Waals surface area contributed by atoms with Gasteiger partial charge in [0.2, 0.25) is 5.91 Å². The van der Waals surface area contributed by atoms with Crippen LogP contribution in [0.1, 0.15) is 48.7 Å². The number of fused-ring (bicyclic) bond motifs is 1. The van der Waals surface area contributed by atoms with Gasteiger partial charge in [-0.3, -0.25) is 9.59 Å². The van der Waals surface area contributed by atoms with E-state index in [1.165, 1.54) is 17.6 Å². The number of benzene rings is 1. The van der Waals surface area contributed by atoms with E-state index in [1.807, 2.05) is 11.0 Å². The fourth-order valence-electron chi connectivity index (χ4n) is 4.69. The number of aromatic nitrogens is 2. The Hall–Kier alpha value is -3.20. The van der Waals surface area contributed by atoms with Crippen LogP contribution in [0, 0.1) is 0 Å². The molecule has 1 unspecified atom stereocenters. The van der Waals surface area contributed by atoms with E-state index in [-0.39, 0.29) is 30.1 Å². The van der Waals surface area contributed by atoms with Crippen molar-refractivity contribution >= 4 is 23.3 Å². The van der Waals surface area contributed by atoms with Crippen LogP contribution in [0.3, 0.4) is 0 Å². The third-order valence-corrected chi connectivity index (χ3v) is 6.58. The van der Waals surface area contributed by atoms with Gasteiger partial charge in [-0.2, -0.15) is 0 Å². The number of para-hydroxylation sites is 1. The number of piperidine rings is 1. The summed E-state index contributed by atoms with van der Waals surface area (Å²) < 4.78 is 0. The van der Waals surface area contributed by atoms with Gasteiger partial charge < -0.3 is 25.5 Å². The largest absolute Gasteiger partial charge is 0.389 e. The average Bonchev–Trinajstić information content (AvgIpc) is 3.05. The number of nitrogens with zero attached hydrogens (tertiary/aromatic N) is 4. The highest BCUT2D eigenvalue weighted by atomic mass is 16.3. The lowest BCUT2D eigenvalue weighted by Gasteiger charge is -2.31. The zero-order valence-corrected chi connectivity index (χ0v) is 19.7. The number of aliphatic hydroxyl groups excluding tert-OH is 1. The number of carbonyl (C=O) groups excluding carboxylic acids is 2. The maximum absolute atomic E-state index is 12.7. The minimum absolute atomic E-state index is 0.0988. The molecular formula is C25H34N6O3. The number of hydrogen-bond acceptors (Lipinski definition) is 7. The van der Waals surface area contributed by atoms with Crippen molar-refractivity contribution in [3.63, 3.8) is 0 Å². The van der Waals surface area contributed by atoms with Gasteiger partial charge in [-0.1, -0.05) is 18.2 Å². The molecule has 9 nitrogen and oxygen atoms in total. The van der Waals surface area contributed by atoms with Crippen LogP contribution in [0.4, 0.5) is 11.5 Å². The number of amides is 2. The standard InChI is InChI=1S/C25H34N6O3/c1-18(32)30-12-9-20(10-13-30)29-24-14-22(27-17-28-24)25(34)26-15-21(33)16-31-11-5-4-7-19-6-2-3-8-23(19)31/h2-3,6,8,14,17,20-21,33H,4-5,7,9-13,15-16H2,1H3,(H,26,34)(H,27,28,29). The highest BCUT2D eigenvalue weighted by Crippen LogP contribution is 2.26. The Morgan fingerprint density at radius 3 is 2.74 bits per heavy atom. The van der Waals surface area contributed by atoms with Crippen LogP contribution in [0.2, 0.25) is 0 Å². The van der Waals surface area contributed by atoms with Gasteiger partial charge in [-0.15, -0.1) is 0 Å². The molecule has 2 aliphatic rings. The van der Waals surface area contributed by atoms with Crippen LogP contribution >= 0.6 is 0 Å². The number of nitrogens with one attached hydrogen (secondary N) is 2. The number of carbonyl (C=O) groups is 2. The monoisotopic (exact) mass is 466 g/mol. The molecular weight excluding hydrogens is 432 g/mol. The lowest BCUT2D eigenvalue weighted by molar-refractivity contribution is -0.129. The fourth-order valence-corrected chi connectivity index (χ4v) is 4.69. The summed E-state index contributed by atoms with van der Waals surface area (Å²) in [4.78, 5) is 36.5. The number of likely N-dealkylation sites (tertiary alicyclic amines) is 1. The summed E-state index contributed by atoms with van der Waals surface area (Å²) in [5.41, 5.74) is 2.74. The van der Waals surface area contributed by atoms with Gasteiger partial charge in [-0.05, 0) is 43.7 Å². The highest BCUT2D eigenvalue weighted by Gasteiger charge is 2.22. The summed E-state index contributed by atoms with van der Waals surface area (Å²) in [5.74, 6) is 0.344. The van der Waals surface area contributed by atoms with E-state index in [0.717, 1.165) is 38.6 Å². The van der Waals surface area contributed by atoms with Crippen LogP contribution in [-0.4, -0.2) is 76.7 Å². The SMILES string of the molecule is CC(=O)N1CCC(Nc2cc(C(=O)NCC(O)CN3CCCCc4ccccc43)ncn2)CC1. The van der Waals surface area contributed by atoms with Crippen LogP contribution in [0.25, 0.3) is 0 Å². The summed E-state index contributed by atoms with van der Waals surface area (Å²) in [6.45, 7) is 4.53. The maximum Gasteiger partial charge on any atom is 0.270 e. The molecule has 9 heteroatoms. The molecule has 0 aliphatic carbocycles. The lowest BCUT2D eigenvalue weighted by atomic mass is 10.1. The molecule has 1 aromatic heterocycles. The van der Waals surface area contributed by atoms with Gasteiger partial charge in [0.15, 0.2) is 0 Å². The van der Waals surface area contributed by atoms with E-state index < -0.39 is 6.10 Å². The van der Waals surface area contributed by atoms with Crippen molar-refractivity contribution in [2.75, 3.05) is 42.9 Å².